The molecule has 1 unspecified atom stereocenters. The van der Waals surface area contributed by atoms with Crippen molar-refractivity contribution in [1.82, 2.24) is 4.90 Å². The van der Waals surface area contributed by atoms with Crippen molar-refractivity contribution >= 4 is 11.9 Å². The molecule has 1 aliphatic heterocycles. The zero-order valence-electron chi connectivity index (χ0n) is 15.6. The Balaban J connectivity index is 1.56. The first kappa shape index (κ1) is 19.8. The van der Waals surface area contributed by atoms with E-state index in [1.807, 2.05) is 0 Å². The number of benzene rings is 2. The second-order valence-corrected chi connectivity index (χ2v) is 6.43. The number of morpholine rings is 1. The van der Waals surface area contributed by atoms with Crippen molar-refractivity contribution in [2.75, 3.05) is 26.3 Å². The molecule has 0 spiro atoms. The Kier molecular flexibility index (Phi) is 6.60. The average molecular weight is 387 g/mol. The zero-order chi connectivity index (χ0) is 19.9. The van der Waals surface area contributed by atoms with Gasteiger partial charge in [-0.2, -0.15) is 0 Å². The minimum absolute atomic E-state index is 0.236. The molecule has 0 bridgehead atoms. The molecule has 1 saturated heterocycles. The second-order valence-electron chi connectivity index (χ2n) is 6.43. The fourth-order valence-electron chi connectivity index (χ4n) is 2.78. The molecule has 0 aromatic heterocycles. The second kappa shape index (κ2) is 9.32. The van der Waals surface area contributed by atoms with Crippen LogP contribution in [-0.2, 0) is 20.9 Å². The molecule has 0 N–H and O–H groups in total. The predicted octanol–water partition coefficient (Wildman–Crippen LogP) is 2.81. The van der Waals surface area contributed by atoms with Crippen LogP contribution in [0.3, 0.4) is 0 Å². The van der Waals surface area contributed by atoms with Gasteiger partial charge in [-0.1, -0.05) is 18.2 Å². The van der Waals surface area contributed by atoms with E-state index in [0.717, 1.165) is 5.56 Å². The lowest BCUT2D eigenvalue weighted by Gasteiger charge is -2.28. The SMILES string of the molecule is CC(OC(=O)c1cccc(OCc2ccc(F)cc2)c1)C(=O)N1CCOCC1. The lowest BCUT2D eigenvalue weighted by molar-refractivity contribution is -0.143. The summed E-state index contributed by atoms with van der Waals surface area (Å²) in [5.74, 6) is -0.665. The molecule has 1 aliphatic rings. The quantitative estimate of drug-likeness (QED) is 0.713. The first-order chi connectivity index (χ1) is 13.5. The van der Waals surface area contributed by atoms with E-state index in [2.05, 4.69) is 0 Å². The maximum atomic E-state index is 12.9. The molecule has 7 heteroatoms. The van der Waals surface area contributed by atoms with Crippen LogP contribution in [0, 0.1) is 5.82 Å². The Morgan fingerprint density at radius 1 is 1.14 bits per heavy atom. The molecule has 28 heavy (non-hydrogen) atoms. The van der Waals surface area contributed by atoms with Crippen LogP contribution in [0.4, 0.5) is 4.39 Å². The summed E-state index contributed by atoms with van der Waals surface area (Å²) in [6.07, 6.45) is -0.880. The molecule has 0 saturated carbocycles. The summed E-state index contributed by atoms with van der Waals surface area (Å²) in [7, 11) is 0. The van der Waals surface area contributed by atoms with Gasteiger partial charge in [0.15, 0.2) is 6.10 Å². The number of nitrogens with zero attached hydrogens (tertiary/aromatic N) is 1. The lowest BCUT2D eigenvalue weighted by Crippen LogP contribution is -2.46. The summed E-state index contributed by atoms with van der Waals surface area (Å²) < 4.78 is 29.1. The van der Waals surface area contributed by atoms with Crippen LogP contribution < -0.4 is 4.74 Å². The fourth-order valence-corrected chi connectivity index (χ4v) is 2.78. The van der Waals surface area contributed by atoms with E-state index < -0.39 is 12.1 Å². The minimum Gasteiger partial charge on any atom is -0.489 e. The van der Waals surface area contributed by atoms with Crippen molar-refractivity contribution < 1.29 is 28.2 Å². The van der Waals surface area contributed by atoms with Gasteiger partial charge in [0.2, 0.25) is 0 Å². The third-order valence-corrected chi connectivity index (χ3v) is 4.34. The molecule has 1 amide bonds. The van der Waals surface area contributed by atoms with Gasteiger partial charge < -0.3 is 19.1 Å². The molecule has 1 atom stereocenters. The Hall–Kier alpha value is -2.93. The van der Waals surface area contributed by atoms with Crippen molar-refractivity contribution in [2.24, 2.45) is 0 Å². The first-order valence-corrected chi connectivity index (χ1v) is 9.08. The third-order valence-electron chi connectivity index (χ3n) is 4.34. The highest BCUT2D eigenvalue weighted by atomic mass is 19.1. The normalized spacial score (nSPS) is 15.0. The molecule has 0 aliphatic carbocycles. The topological polar surface area (TPSA) is 65.1 Å². The fraction of sp³-hybridized carbons (Fsp3) is 0.333. The molecule has 148 valence electrons. The maximum absolute atomic E-state index is 12.9. The van der Waals surface area contributed by atoms with E-state index in [4.69, 9.17) is 14.2 Å². The van der Waals surface area contributed by atoms with E-state index in [-0.39, 0.29) is 18.3 Å². The molecular weight excluding hydrogens is 365 g/mol. The molecular formula is C21H22FNO5. The van der Waals surface area contributed by atoms with Gasteiger partial charge in [0.05, 0.1) is 18.8 Å². The number of esters is 1. The summed E-state index contributed by atoms with van der Waals surface area (Å²) in [4.78, 5) is 26.4. The van der Waals surface area contributed by atoms with Crippen LogP contribution in [0.1, 0.15) is 22.8 Å². The smallest absolute Gasteiger partial charge is 0.339 e. The van der Waals surface area contributed by atoms with E-state index in [9.17, 15) is 14.0 Å². The highest BCUT2D eigenvalue weighted by Crippen LogP contribution is 2.17. The van der Waals surface area contributed by atoms with Crippen LogP contribution in [0.2, 0.25) is 0 Å². The van der Waals surface area contributed by atoms with Crippen molar-refractivity contribution in [2.45, 2.75) is 19.6 Å². The number of ether oxygens (including phenoxy) is 3. The van der Waals surface area contributed by atoms with Crippen LogP contribution in [0.15, 0.2) is 48.5 Å². The molecule has 2 aromatic rings. The third kappa shape index (κ3) is 5.29. The van der Waals surface area contributed by atoms with Gasteiger partial charge in [-0.25, -0.2) is 9.18 Å². The summed E-state index contributed by atoms with van der Waals surface area (Å²) in [6, 6.07) is 12.5. The van der Waals surface area contributed by atoms with Gasteiger partial charge in [0, 0.05) is 13.1 Å². The van der Waals surface area contributed by atoms with Gasteiger partial charge in [0.1, 0.15) is 18.2 Å². The molecule has 1 fully saturated rings. The maximum Gasteiger partial charge on any atom is 0.339 e. The molecule has 6 nitrogen and oxygen atoms in total. The van der Waals surface area contributed by atoms with Crippen LogP contribution in [0.25, 0.3) is 0 Å². The van der Waals surface area contributed by atoms with Crippen LogP contribution in [0.5, 0.6) is 5.75 Å². The van der Waals surface area contributed by atoms with Crippen LogP contribution >= 0.6 is 0 Å². The summed E-state index contributed by atoms with van der Waals surface area (Å²) in [6.45, 7) is 3.76. The summed E-state index contributed by atoms with van der Waals surface area (Å²) in [5, 5.41) is 0. The van der Waals surface area contributed by atoms with E-state index >= 15 is 0 Å². The van der Waals surface area contributed by atoms with Gasteiger partial charge in [0.25, 0.3) is 5.91 Å². The largest absolute Gasteiger partial charge is 0.489 e. The molecule has 1 heterocycles. The van der Waals surface area contributed by atoms with Gasteiger partial charge in [-0.15, -0.1) is 0 Å². The molecule has 0 radical (unpaired) electrons. The Labute approximate surface area is 162 Å². The van der Waals surface area contributed by atoms with E-state index in [1.165, 1.54) is 12.1 Å². The van der Waals surface area contributed by atoms with Gasteiger partial charge in [-0.05, 0) is 42.8 Å². The van der Waals surface area contributed by atoms with Crippen molar-refractivity contribution in [1.29, 1.82) is 0 Å². The zero-order valence-corrected chi connectivity index (χ0v) is 15.6. The van der Waals surface area contributed by atoms with E-state index in [1.54, 1.807) is 48.2 Å². The van der Waals surface area contributed by atoms with Gasteiger partial charge >= 0.3 is 5.97 Å². The highest BCUT2D eigenvalue weighted by molar-refractivity contribution is 5.92. The van der Waals surface area contributed by atoms with Crippen molar-refractivity contribution in [3.63, 3.8) is 0 Å². The van der Waals surface area contributed by atoms with Gasteiger partial charge in [-0.3, -0.25) is 4.79 Å². The molecule has 3 rings (SSSR count). The first-order valence-electron chi connectivity index (χ1n) is 9.08. The highest BCUT2D eigenvalue weighted by Gasteiger charge is 2.25. The standard InChI is InChI=1S/C21H22FNO5/c1-15(20(24)23-9-11-26-12-10-23)28-21(25)17-3-2-4-19(13-17)27-14-16-5-7-18(22)8-6-16/h2-8,13,15H,9-12,14H2,1H3. The Morgan fingerprint density at radius 3 is 2.57 bits per heavy atom. The van der Waals surface area contributed by atoms with Crippen molar-refractivity contribution in [3.8, 4) is 5.75 Å². The number of carbonyl (C=O) groups excluding carboxylic acids is 2. The Bertz CT molecular complexity index is 818. The number of amides is 1. The number of hydrogen-bond acceptors (Lipinski definition) is 5. The Morgan fingerprint density at radius 2 is 1.86 bits per heavy atom. The minimum atomic E-state index is -0.880. The lowest BCUT2D eigenvalue weighted by atomic mass is 10.2. The molecule has 2 aromatic carbocycles. The van der Waals surface area contributed by atoms with Crippen molar-refractivity contribution in [3.05, 3.63) is 65.5 Å². The summed E-state index contributed by atoms with van der Waals surface area (Å²) >= 11 is 0. The number of hydrogen-bond donors (Lipinski definition) is 0. The summed E-state index contributed by atoms with van der Waals surface area (Å²) in [5.41, 5.74) is 1.09. The number of carbonyl (C=O) groups is 2. The monoisotopic (exact) mass is 387 g/mol. The number of halogens is 1. The van der Waals surface area contributed by atoms with Crippen LogP contribution in [-0.4, -0.2) is 49.2 Å². The average Bonchev–Trinajstić information content (AvgIpc) is 2.73. The predicted molar refractivity (Wildman–Crippen MR) is 99.5 cm³/mol. The number of rotatable bonds is 6. The van der Waals surface area contributed by atoms with E-state index in [0.29, 0.717) is 37.6 Å².